The first-order valence-electron chi connectivity index (χ1n) is 11.2. The highest BCUT2D eigenvalue weighted by Crippen LogP contribution is 2.26. The summed E-state index contributed by atoms with van der Waals surface area (Å²) in [5.41, 5.74) is 4.38. The van der Waals surface area contributed by atoms with Gasteiger partial charge in [0.1, 0.15) is 6.61 Å². The predicted molar refractivity (Wildman–Crippen MR) is 125 cm³/mol. The van der Waals surface area contributed by atoms with Crippen molar-refractivity contribution < 1.29 is 19.6 Å². The molecule has 0 saturated carbocycles. The summed E-state index contributed by atoms with van der Waals surface area (Å²) >= 11 is 0. The van der Waals surface area contributed by atoms with Gasteiger partial charge in [-0.1, -0.05) is 18.2 Å². The number of aromatic nitrogens is 1. The zero-order chi connectivity index (χ0) is 23.5. The first-order valence-corrected chi connectivity index (χ1v) is 11.2. The van der Waals surface area contributed by atoms with E-state index in [9.17, 15) is 20.0 Å². The Morgan fingerprint density at radius 1 is 1.18 bits per heavy atom. The number of likely N-dealkylation sites (tertiary alicyclic amines) is 1. The first kappa shape index (κ1) is 22.9. The van der Waals surface area contributed by atoms with Crippen LogP contribution in [0.4, 0.5) is 5.69 Å². The number of benzene rings is 2. The van der Waals surface area contributed by atoms with Crippen LogP contribution < -0.4 is 0 Å². The Bertz CT molecular complexity index is 1180. The lowest BCUT2D eigenvalue weighted by atomic mass is 10.0. The molecule has 1 aliphatic rings. The number of aliphatic hydroxyl groups is 1. The third-order valence-corrected chi connectivity index (χ3v) is 6.37. The van der Waals surface area contributed by atoms with Crippen molar-refractivity contribution in [2.24, 2.45) is 0 Å². The average Bonchev–Trinajstić information content (AvgIpc) is 3.12. The van der Waals surface area contributed by atoms with Crippen molar-refractivity contribution in [3.63, 3.8) is 0 Å². The van der Waals surface area contributed by atoms with Crippen molar-refractivity contribution in [2.75, 3.05) is 19.6 Å². The highest BCUT2D eigenvalue weighted by atomic mass is 16.6. The van der Waals surface area contributed by atoms with Gasteiger partial charge in [0.25, 0.3) is 5.69 Å². The minimum Gasteiger partial charge on any atom is -0.457 e. The number of carbonyl (C=O) groups is 1. The van der Waals surface area contributed by atoms with E-state index in [2.05, 4.69) is 16.0 Å². The maximum absolute atomic E-state index is 12.9. The highest BCUT2D eigenvalue weighted by Gasteiger charge is 2.20. The van der Waals surface area contributed by atoms with Crippen LogP contribution >= 0.6 is 0 Å². The van der Waals surface area contributed by atoms with E-state index in [1.54, 1.807) is 19.1 Å². The van der Waals surface area contributed by atoms with E-state index in [1.165, 1.54) is 6.07 Å². The van der Waals surface area contributed by atoms with Gasteiger partial charge in [0.15, 0.2) is 0 Å². The number of aryl methyl sites for hydroxylation is 2. The summed E-state index contributed by atoms with van der Waals surface area (Å²) in [6.45, 7) is 6.20. The highest BCUT2D eigenvalue weighted by molar-refractivity contribution is 6.05. The Labute approximate surface area is 192 Å². The van der Waals surface area contributed by atoms with Crippen LogP contribution in [0.5, 0.6) is 0 Å². The number of esters is 1. The van der Waals surface area contributed by atoms with Crippen molar-refractivity contribution in [2.45, 2.75) is 45.8 Å². The molecule has 8 nitrogen and oxygen atoms in total. The number of hydrogen-bond donors (Lipinski definition) is 2. The molecule has 3 aromatic rings. The van der Waals surface area contributed by atoms with E-state index in [4.69, 9.17) is 4.74 Å². The van der Waals surface area contributed by atoms with Gasteiger partial charge < -0.3 is 19.7 Å². The molecule has 174 valence electrons. The third-order valence-electron chi connectivity index (χ3n) is 6.37. The number of H-pyrrole nitrogens is 1. The van der Waals surface area contributed by atoms with Crippen LogP contribution in [0.25, 0.3) is 10.9 Å². The van der Waals surface area contributed by atoms with Crippen LogP contribution in [0.3, 0.4) is 0 Å². The fourth-order valence-electron chi connectivity index (χ4n) is 4.38. The molecular formula is C25H29N3O5. The first-order chi connectivity index (χ1) is 15.8. The number of aliphatic hydroxyl groups excluding tert-OH is 1. The van der Waals surface area contributed by atoms with Gasteiger partial charge in [0, 0.05) is 47.9 Å². The smallest absolute Gasteiger partial charge is 0.340 e. The lowest BCUT2D eigenvalue weighted by Gasteiger charge is -2.29. The zero-order valence-corrected chi connectivity index (χ0v) is 19.0. The Morgan fingerprint density at radius 2 is 1.91 bits per heavy atom. The van der Waals surface area contributed by atoms with Gasteiger partial charge in [-0.2, -0.15) is 0 Å². The van der Waals surface area contributed by atoms with E-state index in [1.807, 2.05) is 19.1 Å². The SMILES string of the molecule is Cc1ccc(COC(=O)c2c(C)[nH]c3ccc(CCN4CCC(O)CC4)cc23)cc1[N+](=O)[O-]. The normalized spacial score (nSPS) is 15.1. The largest absolute Gasteiger partial charge is 0.457 e. The second-order valence-electron chi connectivity index (χ2n) is 8.78. The molecule has 0 bridgehead atoms. The van der Waals surface area contributed by atoms with Gasteiger partial charge in [-0.25, -0.2) is 4.79 Å². The number of nitro groups is 1. The van der Waals surface area contributed by atoms with Crippen molar-refractivity contribution in [3.05, 3.63) is 74.5 Å². The van der Waals surface area contributed by atoms with E-state index >= 15 is 0 Å². The van der Waals surface area contributed by atoms with Gasteiger partial charge in [0.2, 0.25) is 0 Å². The maximum Gasteiger partial charge on any atom is 0.340 e. The number of nitro benzene ring substituents is 1. The number of fused-ring (bicyclic) bond motifs is 1. The molecule has 0 atom stereocenters. The topological polar surface area (TPSA) is 109 Å². The number of hydrogen-bond acceptors (Lipinski definition) is 6. The van der Waals surface area contributed by atoms with Gasteiger partial charge >= 0.3 is 5.97 Å². The molecule has 0 aliphatic carbocycles. The minimum absolute atomic E-state index is 0.0136. The second-order valence-corrected chi connectivity index (χ2v) is 8.78. The number of nitrogens with zero attached hydrogens (tertiary/aromatic N) is 2. The number of carbonyl (C=O) groups excluding carboxylic acids is 1. The van der Waals surface area contributed by atoms with Crippen LogP contribution in [0.2, 0.25) is 0 Å². The molecule has 8 heteroatoms. The summed E-state index contributed by atoms with van der Waals surface area (Å²) in [6, 6.07) is 10.9. The molecule has 2 N–H and O–H groups in total. The molecule has 0 unspecified atom stereocenters. The molecule has 2 heterocycles. The molecule has 0 amide bonds. The van der Waals surface area contributed by atoms with Gasteiger partial charge in [-0.05, 0) is 56.4 Å². The molecule has 1 aliphatic heterocycles. The van der Waals surface area contributed by atoms with E-state index in [0.29, 0.717) is 16.7 Å². The zero-order valence-electron chi connectivity index (χ0n) is 19.0. The van der Waals surface area contributed by atoms with Crippen molar-refractivity contribution in [1.29, 1.82) is 0 Å². The quantitative estimate of drug-likeness (QED) is 0.319. The summed E-state index contributed by atoms with van der Waals surface area (Å²) in [7, 11) is 0. The molecule has 0 spiro atoms. The monoisotopic (exact) mass is 451 g/mol. The summed E-state index contributed by atoms with van der Waals surface area (Å²) in [4.78, 5) is 29.3. The van der Waals surface area contributed by atoms with Crippen molar-refractivity contribution >= 4 is 22.6 Å². The summed E-state index contributed by atoms with van der Waals surface area (Å²) in [6.07, 6.45) is 2.31. The molecular weight excluding hydrogens is 422 g/mol. The number of ether oxygens (including phenoxy) is 1. The molecule has 33 heavy (non-hydrogen) atoms. The fraction of sp³-hybridized carbons (Fsp3) is 0.400. The van der Waals surface area contributed by atoms with Gasteiger partial charge in [-0.15, -0.1) is 0 Å². The van der Waals surface area contributed by atoms with Crippen LogP contribution in [-0.2, 0) is 17.8 Å². The average molecular weight is 452 g/mol. The van der Waals surface area contributed by atoms with Crippen molar-refractivity contribution in [1.82, 2.24) is 9.88 Å². The Morgan fingerprint density at radius 3 is 2.64 bits per heavy atom. The maximum atomic E-state index is 12.9. The summed E-state index contributed by atoms with van der Waals surface area (Å²) in [5, 5.41) is 21.7. The minimum atomic E-state index is -0.454. The Kier molecular flexibility index (Phi) is 6.76. The molecule has 1 aromatic heterocycles. The predicted octanol–water partition coefficient (Wildman–Crippen LogP) is 4.05. The lowest BCUT2D eigenvalue weighted by molar-refractivity contribution is -0.385. The molecule has 1 fully saturated rings. The summed E-state index contributed by atoms with van der Waals surface area (Å²) < 4.78 is 5.53. The van der Waals surface area contributed by atoms with Gasteiger partial charge in [0.05, 0.1) is 16.6 Å². The van der Waals surface area contributed by atoms with Crippen molar-refractivity contribution in [3.8, 4) is 0 Å². The van der Waals surface area contributed by atoms with Crippen LogP contribution in [-0.4, -0.2) is 51.6 Å². The number of aromatic amines is 1. The molecule has 1 saturated heterocycles. The third kappa shape index (κ3) is 5.23. The summed E-state index contributed by atoms with van der Waals surface area (Å²) in [5.74, 6) is -0.454. The second kappa shape index (κ2) is 9.72. The molecule has 2 aromatic carbocycles. The molecule has 0 radical (unpaired) electrons. The van der Waals surface area contributed by atoms with Crippen LogP contribution in [0.15, 0.2) is 36.4 Å². The fourth-order valence-corrected chi connectivity index (χ4v) is 4.38. The Hall–Kier alpha value is -3.23. The van der Waals surface area contributed by atoms with Gasteiger partial charge in [-0.3, -0.25) is 10.1 Å². The van der Waals surface area contributed by atoms with E-state index < -0.39 is 10.9 Å². The standard InChI is InChI=1S/C25H29N3O5/c1-16-3-4-19(14-23(16)28(31)32)15-33-25(30)24-17(2)26-22-6-5-18(13-21(22)24)7-10-27-11-8-20(29)9-12-27/h3-6,13-14,20,26,29H,7-12,15H2,1-2H3. The van der Waals surface area contributed by atoms with Crippen LogP contribution in [0, 0.1) is 24.0 Å². The van der Waals surface area contributed by atoms with E-state index in [-0.39, 0.29) is 18.4 Å². The van der Waals surface area contributed by atoms with Crippen LogP contribution in [0.1, 0.15) is 45.6 Å². The Balaban J connectivity index is 1.47. The molecule has 4 rings (SSSR count). The number of nitrogens with one attached hydrogen (secondary N) is 1. The number of rotatable bonds is 7. The number of piperidine rings is 1. The van der Waals surface area contributed by atoms with E-state index in [0.717, 1.165) is 61.1 Å². The lowest BCUT2D eigenvalue weighted by Crippen LogP contribution is -2.37.